The van der Waals surface area contributed by atoms with E-state index in [4.69, 9.17) is 4.74 Å². The molecule has 0 unspecified atom stereocenters. The van der Waals surface area contributed by atoms with Gasteiger partial charge in [-0.1, -0.05) is 30.3 Å². The number of nitrogens with zero attached hydrogens (tertiary/aromatic N) is 1. The number of likely N-dealkylation sites (N-methyl/N-ethyl adjacent to an activating group) is 1. The highest BCUT2D eigenvalue weighted by atomic mass is 19.1. The van der Waals surface area contributed by atoms with E-state index < -0.39 is 5.97 Å². The average molecular weight is 351 g/mol. The summed E-state index contributed by atoms with van der Waals surface area (Å²) in [5, 5.41) is 1.95. The zero-order chi connectivity index (χ0) is 18.5. The van der Waals surface area contributed by atoms with E-state index in [1.165, 1.54) is 29.2 Å². The number of halogens is 1. The van der Waals surface area contributed by atoms with Crippen LogP contribution in [0.15, 0.2) is 66.7 Å². The van der Waals surface area contributed by atoms with E-state index in [1.807, 2.05) is 30.3 Å². The maximum atomic E-state index is 13.0. The predicted octanol–water partition coefficient (Wildman–Crippen LogP) is 4.19. The van der Waals surface area contributed by atoms with Crippen molar-refractivity contribution in [3.63, 3.8) is 0 Å². The second-order valence-electron chi connectivity index (χ2n) is 5.75. The van der Waals surface area contributed by atoms with Gasteiger partial charge in [0.1, 0.15) is 5.82 Å². The summed E-state index contributed by atoms with van der Waals surface area (Å²) in [6.07, 6.45) is 0. The number of carbonyl (C=O) groups is 2. The molecule has 132 valence electrons. The van der Waals surface area contributed by atoms with Crippen molar-refractivity contribution in [1.82, 2.24) is 0 Å². The Balaban J connectivity index is 1.67. The summed E-state index contributed by atoms with van der Waals surface area (Å²) < 4.78 is 18.2. The molecule has 0 aliphatic rings. The van der Waals surface area contributed by atoms with Crippen LogP contribution in [0.3, 0.4) is 0 Å². The summed E-state index contributed by atoms with van der Waals surface area (Å²) in [4.78, 5) is 26.0. The minimum Gasteiger partial charge on any atom is -0.452 e. The van der Waals surface area contributed by atoms with Gasteiger partial charge in [0.25, 0.3) is 5.91 Å². The number of rotatable bonds is 5. The third kappa shape index (κ3) is 3.88. The first-order valence-corrected chi connectivity index (χ1v) is 8.30. The highest BCUT2D eigenvalue weighted by Crippen LogP contribution is 2.17. The fourth-order valence-corrected chi connectivity index (χ4v) is 2.73. The minimum atomic E-state index is -0.556. The smallest absolute Gasteiger partial charge is 0.338 e. The van der Waals surface area contributed by atoms with Crippen molar-refractivity contribution in [2.45, 2.75) is 6.92 Å². The lowest BCUT2D eigenvalue weighted by molar-refractivity contribution is -0.121. The Morgan fingerprint density at radius 2 is 1.65 bits per heavy atom. The molecule has 0 aliphatic heterocycles. The molecule has 0 aliphatic carbocycles. The average Bonchev–Trinajstić information content (AvgIpc) is 2.67. The normalized spacial score (nSPS) is 10.5. The highest BCUT2D eigenvalue weighted by molar-refractivity contribution is 5.98. The summed E-state index contributed by atoms with van der Waals surface area (Å²) in [7, 11) is 0. The number of benzene rings is 3. The van der Waals surface area contributed by atoms with E-state index in [2.05, 4.69) is 0 Å². The van der Waals surface area contributed by atoms with Gasteiger partial charge >= 0.3 is 5.97 Å². The molecule has 3 aromatic rings. The third-order valence-electron chi connectivity index (χ3n) is 4.07. The van der Waals surface area contributed by atoms with Gasteiger partial charge in [0.15, 0.2) is 6.61 Å². The number of esters is 1. The summed E-state index contributed by atoms with van der Waals surface area (Å²) in [5.74, 6) is -1.30. The van der Waals surface area contributed by atoms with Gasteiger partial charge in [-0.25, -0.2) is 9.18 Å². The quantitative estimate of drug-likeness (QED) is 0.648. The number of hydrogen-bond donors (Lipinski definition) is 0. The monoisotopic (exact) mass is 351 g/mol. The Hall–Kier alpha value is -3.21. The first kappa shape index (κ1) is 17.6. The standard InChI is InChI=1S/C21H18FNO3/c1-2-23(19-11-9-18(22)10-12-19)20(24)14-26-21(25)17-8-7-15-5-3-4-6-16(15)13-17/h3-13H,2,14H2,1H3. The highest BCUT2D eigenvalue weighted by Gasteiger charge is 2.17. The van der Waals surface area contributed by atoms with Crippen LogP contribution in [0.2, 0.25) is 0 Å². The number of hydrogen-bond acceptors (Lipinski definition) is 3. The maximum Gasteiger partial charge on any atom is 0.338 e. The lowest BCUT2D eigenvalue weighted by Crippen LogP contribution is -2.34. The first-order chi connectivity index (χ1) is 12.6. The Kier molecular flexibility index (Phi) is 5.27. The Morgan fingerprint density at radius 1 is 0.962 bits per heavy atom. The predicted molar refractivity (Wildman–Crippen MR) is 98.7 cm³/mol. The number of ether oxygens (including phenoxy) is 1. The molecule has 0 fully saturated rings. The Morgan fingerprint density at radius 3 is 2.35 bits per heavy atom. The molecule has 4 nitrogen and oxygen atoms in total. The van der Waals surface area contributed by atoms with Crippen LogP contribution in [0.25, 0.3) is 10.8 Å². The zero-order valence-electron chi connectivity index (χ0n) is 14.3. The van der Waals surface area contributed by atoms with Crippen LogP contribution in [0.4, 0.5) is 10.1 Å². The molecule has 0 saturated heterocycles. The lowest BCUT2D eigenvalue weighted by Gasteiger charge is -2.20. The van der Waals surface area contributed by atoms with E-state index in [0.29, 0.717) is 17.8 Å². The summed E-state index contributed by atoms with van der Waals surface area (Å²) in [6, 6.07) is 18.5. The molecular formula is C21H18FNO3. The molecular weight excluding hydrogens is 333 g/mol. The number of carbonyl (C=O) groups excluding carboxylic acids is 2. The summed E-state index contributed by atoms with van der Waals surface area (Å²) >= 11 is 0. The van der Waals surface area contributed by atoms with Gasteiger partial charge in [0, 0.05) is 12.2 Å². The van der Waals surface area contributed by atoms with E-state index in [1.54, 1.807) is 19.1 Å². The van der Waals surface area contributed by atoms with Crippen molar-refractivity contribution < 1.29 is 18.7 Å². The Bertz CT molecular complexity index is 937. The van der Waals surface area contributed by atoms with E-state index in [0.717, 1.165) is 10.8 Å². The molecule has 3 rings (SSSR count). The van der Waals surface area contributed by atoms with E-state index >= 15 is 0 Å². The molecule has 0 spiro atoms. The van der Waals surface area contributed by atoms with E-state index in [9.17, 15) is 14.0 Å². The minimum absolute atomic E-state index is 0.367. The van der Waals surface area contributed by atoms with Crippen molar-refractivity contribution in [3.8, 4) is 0 Å². The molecule has 3 aromatic carbocycles. The maximum absolute atomic E-state index is 13.0. The molecule has 0 atom stereocenters. The largest absolute Gasteiger partial charge is 0.452 e. The van der Waals surface area contributed by atoms with Crippen LogP contribution in [0.1, 0.15) is 17.3 Å². The Labute approximate surface area is 150 Å². The van der Waals surface area contributed by atoms with Crippen LogP contribution >= 0.6 is 0 Å². The number of anilines is 1. The van der Waals surface area contributed by atoms with Gasteiger partial charge in [0.05, 0.1) is 5.56 Å². The van der Waals surface area contributed by atoms with Gasteiger partial charge in [-0.05, 0) is 54.1 Å². The van der Waals surface area contributed by atoms with Crippen LogP contribution in [0, 0.1) is 5.82 Å². The van der Waals surface area contributed by atoms with Crippen molar-refractivity contribution >= 4 is 28.3 Å². The topological polar surface area (TPSA) is 46.6 Å². The van der Waals surface area contributed by atoms with Gasteiger partial charge in [-0.15, -0.1) is 0 Å². The van der Waals surface area contributed by atoms with Gasteiger partial charge in [-0.2, -0.15) is 0 Å². The summed E-state index contributed by atoms with van der Waals surface area (Å²) in [6.45, 7) is 1.81. The first-order valence-electron chi connectivity index (χ1n) is 8.30. The lowest BCUT2D eigenvalue weighted by atomic mass is 10.1. The second-order valence-corrected chi connectivity index (χ2v) is 5.75. The van der Waals surface area contributed by atoms with Crippen LogP contribution < -0.4 is 4.90 Å². The third-order valence-corrected chi connectivity index (χ3v) is 4.07. The second kappa shape index (κ2) is 7.78. The molecule has 26 heavy (non-hydrogen) atoms. The summed E-state index contributed by atoms with van der Waals surface area (Å²) in [5.41, 5.74) is 0.946. The number of fused-ring (bicyclic) bond motifs is 1. The number of amides is 1. The molecule has 0 heterocycles. The van der Waals surface area contributed by atoms with Crippen LogP contribution in [-0.4, -0.2) is 25.0 Å². The molecule has 0 N–H and O–H groups in total. The fourth-order valence-electron chi connectivity index (χ4n) is 2.73. The van der Waals surface area contributed by atoms with Crippen molar-refractivity contribution in [2.24, 2.45) is 0 Å². The fraction of sp³-hybridized carbons (Fsp3) is 0.143. The van der Waals surface area contributed by atoms with Gasteiger partial charge in [-0.3, -0.25) is 4.79 Å². The molecule has 0 bridgehead atoms. The van der Waals surface area contributed by atoms with Crippen molar-refractivity contribution in [3.05, 3.63) is 78.1 Å². The van der Waals surface area contributed by atoms with Crippen LogP contribution in [0.5, 0.6) is 0 Å². The zero-order valence-corrected chi connectivity index (χ0v) is 14.3. The van der Waals surface area contributed by atoms with E-state index in [-0.39, 0.29) is 18.3 Å². The van der Waals surface area contributed by atoms with Gasteiger partial charge < -0.3 is 9.64 Å². The van der Waals surface area contributed by atoms with Crippen LogP contribution in [-0.2, 0) is 9.53 Å². The molecule has 0 radical (unpaired) electrons. The SMILES string of the molecule is CCN(C(=O)COC(=O)c1ccc2ccccc2c1)c1ccc(F)cc1. The molecule has 1 amide bonds. The molecule has 0 saturated carbocycles. The molecule has 0 aromatic heterocycles. The molecule has 5 heteroatoms. The van der Waals surface area contributed by atoms with Crippen molar-refractivity contribution in [1.29, 1.82) is 0 Å². The van der Waals surface area contributed by atoms with Crippen molar-refractivity contribution in [2.75, 3.05) is 18.1 Å². The van der Waals surface area contributed by atoms with Gasteiger partial charge in [0.2, 0.25) is 0 Å².